The van der Waals surface area contributed by atoms with E-state index in [-0.39, 0.29) is 5.54 Å². The number of ether oxygens (including phenoxy) is 2. The van der Waals surface area contributed by atoms with Gasteiger partial charge in [0.2, 0.25) is 0 Å². The van der Waals surface area contributed by atoms with Crippen molar-refractivity contribution in [3.8, 4) is 0 Å². The number of hydrogen-bond donors (Lipinski definition) is 1. The second kappa shape index (κ2) is 8.90. The normalized spacial score (nSPS) is 27.9. The molecule has 0 aliphatic heterocycles. The highest BCUT2D eigenvalue weighted by Gasteiger charge is 2.42. The molecule has 1 saturated carbocycles. The molecule has 0 aromatic rings. The third-order valence-corrected chi connectivity index (χ3v) is 4.78. The monoisotopic (exact) mass is 272 g/mol. The van der Waals surface area contributed by atoms with E-state index >= 15 is 0 Å². The van der Waals surface area contributed by atoms with Crippen LogP contribution >= 0.6 is 0 Å². The van der Waals surface area contributed by atoms with Gasteiger partial charge in [0.25, 0.3) is 0 Å². The molecular weight excluding hydrogens is 240 g/mol. The maximum Gasteiger partial charge on any atom is 0.0589 e. The molecule has 0 bridgehead atoms. The highest BCUT2D eigenvalue weighted by molar-refractivity contribution is 4.99. The summed E-state index contributed by atoms with van der Waals surface area (Å²) in [7, 11) is 3.53. The molecule has 1 fully saturated rings. The summed E-state index contributed by atoms with van der Waals surface area (Å²) in [6, 6.07) is 0. The zero-order valence-electron chi connectivity index (χ0n) is 13.0. The van der Waals surface area contributed by atoms with Gasteiger partial charge in [0.15, 0.2) is 0 Å². The summed E-state index contributed by atoms with van der Waals surface area (Å²) in [5.74, 6) is 0.708. The standard InChI is InChI=1S/C15H32N2O2/c1-4-14-7-5-6-8-15(14,13-16)17(9-11-18-2)10-12-19-3/h14H,4-13,16H2,1-3H3. The van der Waals surface area contributed by atoms with E-state index in [0.29, 0.717) is 5.92 Å². The Morgan fingerprint density at radius 3 is 2.26 bits per heavy atom. The molecule has 4 heteroatoms. The fraction of sp³-hybridized carbons (Fsp3) is 1.00. The molecule has 114 valence electrons. The molecule has 4 nitrogen and oxygen atoms in total. The first-order valence-electron chi connectivity index (χ1n) is 7.68. The van der Waals surface area contributed by atoms with E-state index in [2.05, 4.69) is 11.8 Å². The van der Waals surface area contributed by atoms with E-state index in [4.69, 9.17) is 15.2 Å². The largest absolute Gasteiger partial charge is 0.383 e. The van der Waals surface area contributed by atoms with Crippen molar-refractivity contribution in [2.75, 3.05) is 47.1 Å². The van der Waals surface area contributed by atoms with E-state index in [0.717, 1.165) is 32.8 Å². The van der Waals surface area contributed by atoms with Crippen LogP contribution in [-0.4, -0.2) is 57.5 Å². The average Bonchev–Trinajstić information content (AvgIpc) is 2.47. The van der Waals surface area contributed by atoms with Crippen LogP contribution in [0.4, 0.5) is 0 Å². The second-order valence-electron chi connectivity index (χ2n) is 5.63. The first kappa shape index (κ1) is 16.9. The Hall–Kier alpha value is -0.160. The second-order valence-corrected chi connectivity index (χ2v) is 5.63. The molecular formula is C15H32N2O2. The topological polar surface area (TPSA) is 47.7 Å². The summed E-state index contributed by atoms with van der Waals surface area (Å²) >= 11 is 0. The van der Waals surface area contributed by atoms with Crippen molar-refractivity contribution >= 4 is 0 Å². The summed E-state index contributed by atoms with van der Waals surface area (Å²) < 4.78 is 10.6. The van der Waals surface area contributed by atoms with E-state index in [1.165, 1.54) is 32.1 Å². The molecule has 1 rings (SSSR count). The third kappa shape index (κ3) is 4.15. The molecule has 2 atom stereocenters. The first-order valence-corrected chi connectivity index (χ1v) is 7.68. The number of hydrogen-bond acceptors (Lipinski definition) is 4. The first-order chi connectivity index (χ1) is 9.25. The fourth-order valence-corrected chi connectivity index (χ4v) is 3.65. The Morgan fingerprint density at radius 2 is 1.79 bits per heavy atom. The van der Waals surface area contributed by atoms with Gasteiger partial charge >= 0.3 is 0 Å². The van der Waals surface area contributed by atoms with Crippen molar-refractivity contribution in [1.82, 2.24) is 4.90 Å². The van der Waals surface area contributed by atoms with Gasteiger partial charge in [0, 0.05) is 39.4 Å². The molecule has 1 aliphatic rings. The predicted molar refractivity (Wildman–Crippen MR) is 79.4 cm³/mol. The molecule has 0 aromatic heterocycles. The van der Waals surface area contributed by atoms with Gasteiger partial charge in [-0.05, 0) is 18.8 Å². The maximum atomic E-state index is 6.23. The average molecular weight is 272 g/mol. The van der Waals surface area contributed by atoms with Gasteiger partial charge in [-0.3, -0.25) is 4.90 Å². The SMILES string of the molecule is CCC1CCCCC1(CN)N(CCOC)CCOC. The number of nitrogens with zero attached hydrogens (tertiary/aromatic N) is 1. The van der Waals surface area contributed by atoms with Gasteiger partial charge in [-0.15, -0.1) is 0 Å². The molecule has 0 aromatic carbocycles. The quantitative estimate of drug-likeness (QED) is 0.696. The maximum absolute atomic E-state index is 6.23. The van der Waals surface area contributed by atoms with Crippen LogP contribution < -0.4 is 5.73 Å². The molecule has 0 amide bonds. The third-order valence-electron chi connectivity index (χ3n) is 4.78. The Kier molecular flexibility index (Phi) is 7.91. The van der Waals surface area contributed by atoms with Crippen molar-refractivity contribution in [3.63, 3.8) is 0 Å². The van der Waals surface area contributed by atoms with E-state index in [1.54, 1.807) is 14.2 Å². The van der Waals surface area contributed by atoms with Crippen LogP contribution in [0.2, 0.25) is 0 Å². The van der Waals surface area contributed by atoms with Crippen molar-refractivity contribution in [1.29, 1.82) is 0 Å². The molecule has 1 aliphatic carbocycles. The molecule has 0 spiro atoms. The Bertz CT molecular complexity index is 230. The zero-order chi connectivity index (χ0) is 14.1. The van der Waals surface area contributed by atoms with Crippen molar-refractivity contribution < 1.29 is 9.47 Å². The fourth-order valence-electron chi connectivity index (χ4n) is 3.65. The van der Waals surface area contributed by atoms with Crippen LogP contribution in [0.15, 0.2) is 0 Å². The molecule has 2 N–H and O–H groups in total. The molecule has 0 heterocycles. The Balaban J connectivity index is 2.83. The minimum atomic E-state index is 0.157. The summed E-state index contributed by atoms with van der Waals surface area (Å²) in [5.41, 5.74) is 6.38. The highest BCUT2D eigenvalue weighted by Crippen LogP contribution is 2.39. The van der Waals surface area contributed by atoms with Crippen molar-refractivity contribution in [2.45, 2.75) is 44.6 Å². The van der Waals surface area contributed by atoms with E-state index < -0.39 is 0 Å². The minimum absolute atomic E-state index is 0.157. The summed E-state index contributed by atoms with van der Waals surface area (Å²) in [4.78, 5) is 2.54. The van der Waals surface area contributed by atoms with Crippen LogP contribution in [0.1, 0.15) is 39.0 Å². The lowest BCUT2D eigenvalue weighted by molar-refractivity contribution is -0.0222. The van der Waals surface area contributed by atoms with Gasteiger partial charge in [0.05, 0.1) is 13.2 Å². The van der Waals surface area contributed by atoms with Gasteiger partial charge in [-0.1, -0.05) is 26.2 Å². The van der Waals surface area contributed by atoms with Gasteiger partial charge in [-0.2, -0.15) is 0 Å². The number of rotatable bonds is 9. The number of methoxy groups -OCH3 is 2. The van der Waals surface area contributed by atoms with Gasteiger partial charge < -0.3 is 15.2 Å². The van der Waals surface area contributed by atoms with Crippen molar-refractivity contribution in [3.05, 3.63) is 0 Å². The summed E-state index contributed by atoms with van der Waals surface area (Å²) in [6.45, 7) is 6.48. The minimum Gasteiger partial charge on any atom is -0.383 e. The van der Waals surface area contributed by atoms with Crippen LogP contribution in [0.3, 0.4) is 0 Å². The summed E-state index contributed by atoms with van der Waals surface area (Å²) in [5, 5.41) is 0. The highest BCUT2D eigenvalue weighted by atomic mass is 16.5. The molecule has 19 heavy (non-hydrogen) atoms. The summed E-state index contributed by atoms with van der Waals surface area (Å²) in [6.07, 6.45) is 6.39. The smallest absolute Gasteiger partial charge is 0.0589 e. The van der Waals surface area contributed by atoms with Crippen LogP contribution in [0.25, 0.3) is 0 Å². The number of nitrogens with two attached hydrogens (primary N) is 1. The Labute approximate surface area is 118 Å². The van der Waals surface area contributed by atoms with Crippen molar-refractivity contribution in [2.24, 2.45) is 11.7 Å². The lowest BCUT2D eigenvalue weighted by atomic mass is 9.70. The predicted octanol–water partition coefficient (Wildman–Crippen LogP) is 1.88. The lowest BCUT2D eigenvalue weighted by Gasteiger charge is -2.51. The van der Waals surface area contributed by atoms with Gasteiger partial charge in [0.1, 0.15) is 0 Å². The molecule has 0 radical (unpaired) electrons. The van der Waals surface area contributed by atoms with Crippen LogP contribution in [0, 0.1) is 5.92 Å². The lowest BCUT2D eigenvalue weighted by Crippen LogP contribution is -2.61. The van der Waals surface area contributed by atoms with Crippen LogP contribution in [0.5, 0.6) is 0 Å². The molecule has 0 saturated heterocycles. The van der Waals surface area contributed by atoms with Crippen LogP contribution in [-0.2, 0) is 9.47 Å². The molecule has 2 unspecified atom stereocenters. The van der Waals surface area contributed by atoms with E-state index in [1.807, 2.05) is 0 Å². The van der Waals surface area contributed by atoms with E-state index in [9.17, 15) is 0 Å². The zero-order valence-corrected chi connectivity index (χ0v) is 13.0. The Morgan fingerprint density at radius 1 is 1.16 bits per heavy atom. The van der Waals surface area contributed by atoms with Gasteiger partial charge in [-0.25, -0.2) is 0 Å².